The van der Waals surface area contributed by atoms with Crippen molar-refractivity contribution in [1.82, 2.24) is 9.80 Å². The Morgan fingerprint density at radius 2 is 1.96 bits per heavy atom. The highest BCUT2D eigenvalue weighted by molar-refractivity contribution is 5.78. The summed E-state index contributed by atoms with van der Waals surface area (Å²) in [6.07, 6.45) is 4.08. The van der Waals surface area contributed by atoms with Crippen LogP contribution in [-0.2, 0) is 16.1 Å². The van der Waals surface area contributed by atoms with Crippen molar-refractivity contribution in [2.75, 3.05) is 39.4 Å². The maximum absolute atomic E-state index is 11.8. The standard InChI is InChI=1S/C19H28N2O2/c22-19-7-4-10-21(19)12-11-20(15-17-5-2-1-3-6-17)16-18-8-13-23-14-9-18/h1-3,5-6,18H,4,7-16H2. The van der Waals surface area contributed by atoms with Crippen LogP contribution < -0.4 is 0 Å². The summed E-state index contributed by atoms with van der Waals surface area (Å²) in [5.74, 6) is 1.05. The number of benzene rings is 1. The molecule has 1 aromatic rings. The van der Waals surface area contributed by atoms with Gasteiger partial charge in [0.15, 0.2) is 0 Å². The van der Waals surface area contributed by atoms with Gasteiger partial charge in [0, 0.05) is 52.4 Å². The predicted molar refractivity (Wildman–Crippen MR) is 91.1 cm³/mol. The third-order valence-electron chi connectivity index (χ3n) is 4.96. The fraction of sp³-hybridized carbons (Fsp3) is 0.632. The number of carbonyl (C=O) groups is 1. The number of hydrogen-bond acceptors (Lipinski definition) is 3. The predicted octanol–water partition coefficient (Wildman–Crippen LogP) is 2.54. The quantitative estimate of drug-likeness (QED) is 0.775. The van der Waals surface area contributed by atoms with Gasteiger partial charge in [0.05, 0.1) is 0 Å². The number of nitrogens with zero attached hydrogens (tertiary/aromatic N) is 2. The van der Waals surface area contributed by atoms with E-state index in [4.69, 9.17) is 4.74 Å². The van der Waals surface area contributed by atoms with E-state index in [-0.39, 0.29) is 0 Å². The van der Waals surface area contributed by atoms with Crippen LogP contribution in [0.1, 0.15) is 31.2 Å². The average molecular weight is 316 g/mol. The summed E-state index contributed by atoms with van der Waals surface area (Å²) in [6.45, 7) is 6.66. The van der Waals surface area contributed by atoms with Gasteiger partial charge >= 0.3 is 0 Å². The normalized spacial score (nSPS) is 19.7. The second-order valence-electron chi connectivity index (χ2n) is 6.76. The van der Waals surface area contributed by atoms with E-state index in [9.17, 15) is 4.79 Å². The molecule has 1 aromatic carbocycles. The monoisotopic (exact) mass is 316 g/mol. The van der Waals surface area contributed by atoms with Crippen molar-refractivity contribution < 1.29 is 9.53 Å². The molecule has 126 valence electrons. The smallest absolute Gasteiger partial charge is 0.222 e. The molecule has 2 aliphatic rings. The Hall–Kier alpha value is -1.39. The van der Waals surface area contributed by atoms with Crippen molar-refractivity contribution in [1.29, 1.82) is 0 Å². The van der Waals surface area contributed by atoms with Crippen molar-refractivity contribution in [2.24, 2.45) is 5.92 Å². The largest absolute Gasteiger partial charge is 0.381 e. The maximum Gasteiger partial charge on any atom is 0.222 e. The highest BCUT2D eigenvalue weighted by Crippen LogP contribution is 2.18. The fourth-order valence-corrected chi connectivity index (χ4v) is 3.57. The van der Waals surface area contributed by atoms with Gasteiger partial charge < -0.3 is 9.64 Å². The molecule has 1 amide bonds. The average Bonchev–Trinajstić information content (AvgIpc) is 3.00. The zero-order valence-corrected chi connectivity index (χ0v) is 14.0. The van der Waals surface area contributed by atoms with E-state index in [0.717, 1.165) is 77.5 Å². The maximum atomic E-state index is 11.8. The molecule has 0 atom stereocenters. The lowest BCUT2D eigenvalue weighted by Crippen LogP contribution is -2.38. The zero-order valence-electron chi connectivity index (χ0n) is 14.0. The van der Waals surface area contributed by atoms with Gasteiger partial charge in [0.1, 0.15) is 0 Å². The molecule has 4 nitrogen and oxygen atoms in total. The van der Waals surface area contributed by atoms with Gasteiger partial charge in [0.2, 0.25) is 5.91 Å². The third-order valence-corrected chi connectivity index (χ3v) is 4.96. The summed E-state index contributed by atoms with van der Waals surface area (Å²) in [7, 11) is 0. The molecule has 4 heteroatoms. The van der Waals surface area contributed by atoms with Crippen molar-refractivity contribution in [3.8, 4) is 0 Å². The molecule has 0 aromatic heterocycles. The van der Waals surface area contributed by atoms with E-state index < -0.39 is 0 Å². The Labute approximate surface area is 139 Å². The Bertz CT molecular complexity index is 485. The van der Waals surface area contributed by atoms with Crippen molar-refractivity contribution in [3.63, 3.8) is 0 Å². The molecule has 23 heavy (non-hydrogen) atoms. The lowest BCUT2D eigenvalue weighted by atomic mass is 9.99. The van der Waals surface area contributed by atoms with Crippen molar-refractivity contribution in [3.05, 3.63) is 35.9 Å². The molecule has 2 fully saturated rings. The van der Waals surface area contributed by atoms with Crippen molar-refractivity contribution >= 4 is 5.91 Å². The fourth-order valence-electron chi connectivity index (χ4n) is 3.57. The molecular formula is C19H28N2O2. The number of ether oxygens (including phenoxy) is 1. The molecule has 0 saturated carbocycles. The summed E-state index contributed by atoms with van der Waals surface area (Å²) < 4.78 is 5.48. The summed E-state index contributed by atoms with van der Waals surface area (Å²) in [5.41, 5.74) is 1.35. The molecule has 0 spiro atoms. The van der Waals surface area contributed by atoms with Gasteiger partial charge in [-0.15, -0.1) is 0 Å². The van der Waals surface area contributed by atoms with Gasteiger partial charge in [-0.2, -0.15) is 0 Å². The van der Waals surface area contributed by atoms with Gasteiger partial charge in [-0.25, -0.2) is 0 Å². The second-order valence-corrected chi connectivity index (χ2v) is 6.76. The molecule has 0 aliphatic carbocycles. The molecule has 0 bridgehead atoms. The topological polar surface area (TPSA) is 32.8 Å². The molecule has 0 radical (unpaired) electrons. The van der Waals surface area contributed by atoms with Crippen LogP contribution in [-0.4, -0.2) is 55.1 Å². The highest BCUT2D eigenvalue weighted by atomic mass is 16.5. The van der Waals surface area contributed by atoms with Crippen LogP contribution in [0.4, 0.5) is 0 Å². The van der Waals surface area contributed by atoms with E-state index in [2.05, 4.69) is 35.2 Å². The number of hydrogen-bond donors (Lipinski definition) is 0. The second kappa shape index (κ2) is 8.46. The third kappa shape index (κ3) is 5.05. The van der Waals surface area contributed by atoms with Crippen LogP contribution in [0.25, 0.3) is 0 Å². The van der Waals surface area contributed by atoms with E-state index in [1.807, 2.05) is 4.90 Å². The van der Waals surface area contributed by atoms with Crippen LogP contribution in [0.2, 0.25) is 0 Å². The number of rotatable bonds is 7. The first kappa shape index (κ1) is 16.5. The van der Waals surface area contributed by atoms with Gasteiger partial charge in [-0.3, -0.25) is 9.69 Å². The Morgan fingerprint density at radius 3 is 2.65 bits per heavy atom. The van der Waals surface area contributed by atoms with Crippen molar-refractivity contribution in [2.45, 2.75) is 32.2 Å². The molecule has 3 rings (SSSR count). The highest BCUT2D eigenvalue weighted by Gasteiger charge is 2.22. The Kier molecular flexibility index (Phi) is 6.06. The SMILES string of the molecule is O=C1CCCN1CCN(Cc1ccccc1)CC1CCOCC1. The van der Waals surface area contributed by atoms with E-state index in [1.165, 1.54) is 5.56 Å². The summed E-state index contributed by atoms with van der Waals surface area (Å²) in [6, 6.07) is 10.7. The molecule has 2 aliphatic heterocycles. The Morgan fingerprint density at radius 1 is 1.17 bits per heavy atom. The molecule has 0 unspecified atom stereocenters. The number of amides is 1. The van der Waals surface area contributed by atoms with Gasteiger partial charge in [-0.1, -0.05) is 30.3 Å². The van der Waals surface area contributed by atoms with Gasteiger partial charge in [0.25, 0.3) is 0 Å². The minimum atomic E-state index is 0.329. The first-order valence-corrected chi connectivity index (χ1v) is 8.93. The molecular weight excluding hydrogens is 288 g/mol. The van der Waals surface area contributed by atoms with E-state index in [0.29, 0.717) is 5.91 Å². The minimum absolute atomic E-state index is 0.329. The van der Waals surface area contributed by atoms with E-state index in [1.54, 1.807) is 0 Å². The summed E-state index contributed by atoms with van der Waals surface area (Å²) in [5, 5.41) is 0. The van der Waals surface area contributed by atoms with Crippen LogP contribution in [0.3, 0.4) is 0 Å². The summed E-state index contributed by atoms with van der Waals surface area (Å²) >= 11 is 0. The number of likely N-dealkylation sites (tertiary alicyclic amines) is 1. The van der Waals surface area contributed by atoms with Gasteiger partial charge in [-0.05, 0) is 30.7 Å². The lowest BCUT2D eigenvalue weighted by molar-refractivity contribution is -0.127. The number of carbonyl (C=O) groups excluding carboxylic acids is 1. The molecule has 0 N–H and O–H groups in total. The zero-order chi connectivity index (χ0) is 15.9. The van der Waals surface area contributed by atoms with Crippen LogP contribution in [0, 0.1) is 5.92 Å². The van der Waals surface area contributed by atoms with Crippen LogP contribution in [0.15, 0.2) is 30.3 Å². The molecule has 2 heterocycles. The molecule has 2 saturated heterocycles. The summed E-state index contributed by atoms with van der Waals surface area (Å²) in [4.78, 5) is 16.4. The van der Waals surface area contributed by atoms with Crippen LogP contribution >= 0.6 is 0 Å². The van der Waals surface area contributed by atoms with Crippen LogP contribution in [0.5, 0.6) is 0 Å². The lowest BCUT2D eigenvalue weighted by Gasteiger charge is -2.31. The minimum Gasteiger partial charge on any atom is -0.381 e. The first-order valence-electron chi connectivity index (χ1n) is 8.93. The first-order chi connectivity index (χ1) is 11.3. The Balaban J connectivity index is 1.56. The van der Waals surface area contributed by atoms with E-state index >= 15 is 0 Å².